The van der Waals surface area contributed by atoms with Gasteiger partial charge >= 0.3 is 6.09 Å². The fraction of sp³-hybridized carbons (Fsp3) is 0.364. The molecule has 9 nitrogen and oxygen atoms in total. The molecule has 2 aromatic rings. The topological polar surface area (TPSA) is 110 Å². The van der Waals surface area contributed by atoms with E-state index in [-0.39, 0.29) is 37.0 Å². The highest BCUT2D eigenvalue weighted by molar-refractivity contribution is 6.04. The van der Waals surface area contributed by atoms with E-state index in [1.807, 2.05) is 0 Å². The highest BCUT2D eigenvalue weighted by Crippen LogP contribution is 2.37. The van der Waals surface area contributed by atoms with Crippen LogP contribution in [0.2, 0.25) is 0 Å². The summed E-state index contributed by atoms with van der Waals surface area (Å²) in [4.78, 5) is 43.4. The number of carbonyl (C=O) groups is 3. The summed E-state index contributed by atoms with van der Waals surface area (Å²) in [5.74, 6) is -1.24. The minimum absolute atomic E-state index is 0.000863. The predicted molar refractivity (Wildman–Crippen MR) is 113 cm³/mol. The number of nitrogens with one attached hydrogen (secondary N) is 2. The van der Waals surface area contributed by atoms with Crippen molar-refractivity contribution in [3.63, 3.8) is 0 Å². The van der Waals surface area contributed by atoms with E-state index >= 15 is 0 Å². The lowest BCUT2D eigenvalue weighted by molar-refractivity contribution is -0.131. The first-order valence-corrected chi connectivity index (χ1v) is 10.1. The summed E-state index contributed by atoms with van der Waals surface area (Å²) in [6.45, 7) is 5.57. The van der Waals surface area contributed by atoms with Gasteiger partial charge in [-0.15, -0.1) is 0 Å². The Bertz CT molecular complexity index is 1080. The number of hydrogen-bond acceptors (Lipinski definition) is 6. The van der Waals surface area contributed by atoms with Crippen LogP contribution >= 0.6 is 0 Å². The van der Waals surface area contributed by atoms with Gasteiger partial charge in [0, 0.05) is 18.7 Å². The Hall–Kier alpha value is -3.69. The van der Waals surface area contributed by atoms with Crippen molar-refractivity contribution < 1.29 is 28.2 Å². The lowest BCUT2D eigenvalue weighted by Gasteiger charge is -2.33. The minimum atomic E-state index is -1.32. The average molecular weight is 442 g/mol. The van der Waals surface area contributed by atoms with Crippen molar-refractivity contribution in [2.75, 3.05) is 23.7 Å². The SMILES string of the molecule is CC(C)(C)OC(=O)N1CCC2(C1)Oc1nc(C(=O)Nc3ccc(F)cc3)ccc1NC2=O. The number of likely N-dealkylation sites (tertiary alicyclic amines) is 1. The zero-order valence-corrected chi connectivity index (χ0v) is 17.9. The second-order valence-electron chi connectivity index (χ2n) is 8.71. The predicted octanol–water partition coefficient (Wildman–Crippen LogP) is 3.18. The van der Waals surface area contributed by atoms with Crippen LogP contribution in [0, 0.1) is 5.82 Å². The number of amides is 3. The van der Waals surface area contributed by atoms with E-state index < -0.39 is 29.0 Å². The molecule has 2 aliphatic heterocycles. The molecule has 2 N–H and O–H groups in total. The molecule has 1 fully saturated rings. The van der Waals surface area contributed by atoms with Crippen molar-refractivity contribution in [3.8, 4) is 5.88 Å². The summed E-state index contributed by atoms with van der Waals surface area (Å²) >= 11 is 0. The number of aromatic nitrogens is 1. The number of hydrogen-bond donors (Lipinski definition) is 2. The number of anilines is 2. The van der Waals surface area contributed by atoms with Gasteiger partial charge in [-0.3, -0.25) is 9.59 Å². The molecule has 2 aliphatic rings. The molecular weight excluding hydrogens is 419 g/mol. The van der Waals surface area contributed by atoms with Crippen LogP contribution in [0.1, 0.15) is 37.7 Å². The van der Waals surface area contributed by atoms with E-state index in [1.165, 1.54) is 41.3 Å². The van der Waals surface area contributed by atoms with Crippen molar-refractivity contribution in [3.05, 3.63) is 47.9 Å². The number of pyridine rings is 1. The second kappa shape index (κ2) is 7.77. The van der Waals surface area contributed by atoms with Gasteiger partial charge in [-0.05, 0) is 57.2 Å². The Labute approximate surface area is 183 Å². The van der Waals surface area contributed by atoms with Crippen LogP contribution in [0.5, 0.6) is 5.88 Å². The van der Waals surface area contributed by atoms with Crippen LogP contribution in [0.4, 0.5) is 20.6 Å². The van der Waals surface area contributed by atoms with Crippen molar-refractivity contribution in [1.82, 2.24) is 9.88 Å². The molecule has 168 valence electrons. The molecule has 1 saturated heterocycles. The van der Waals surface area contributed by atoms with Gasteiger partial charge in [0.2, 0.25) is 11.5 Å². The lowest BCUT2D eigenvalue weighted by Crippen LogP contribution is -2.53. The first kappa shape index (κ1) is 21.5. The molecular formula is C22H23FN4O5. The molecule has 0 bridgehead atoms. The van der Waals surface area contributed by atoms with E-state index in [9.17, 15) is 18.8 Å². The number of rotatable bonds is 2. The maximum atomic E-state index is 13.1. The molecule has 1 aromatic heterocycles. The number of nitrogens with zero attached hydrogens (tertiary/aromatic N) is 2. The molecule has 1 atom stereocenters. The molecule has 0 saturated carbocycles. The summed E-state index contributed by atoms with van der Waals surface area (Å²) < 4.78 is 24.4. The third-order valence-corrected chi connectivity index (χ3v) is 5.03. The summed E-state index contributed by atoms with van der Waals surface area (Å²) in [5, 5.41) is 5.37. The number of halogens is 1. The van der Waals surface area contributed by atoms with Gasteiger partial charge in [-0.1, -0.05) is 0 Å². The summed E-state index contributed by atoms with van der Waals surface area (Å²) in [7, 11) is 0. The number of fused-ring (bicyclic) bond motifs is 1. The highest BCUT2D eigenvalue weighted by atomic mass is 19.1. The number of ether oxygens (including phenoxy) is 2. The zero-order valence-electron chi connectivity index (χ0n) is 17.9. The van der Waals surface area contributed by atoms with Crippen molar-refractivity contribution in [1.29, 1.82) is 0 Å². The quantitative estimate of drug-likeness (QED) is 0.739. The molecule has 32 heavy (non-hydrogen) atoms. The van der Waals surface area contributed by atoms with Crippen LogP contribution < -0.4 is 15.4 Å². The molecule has 1 unspecified atom stereocenters. The van der Waals surface area contributed by atoms with Crippen molar-refractivity contribution in [2.45, 2.75) is 38.4 Å². The van der Waals surface area contributed by atoms with Crippen LogP contribution in [0.3, 0.4) is 0 Å². The van der Waals surface area contributed by atoms with Crippen LogP contribution in [0.15, 0.2) is 36.4 Å². The molecule has 1 aromatic carbocycles. The van der Waals surface area contributed by atoms with E-state index in [2.05, 4.69) is 15.6 Å². The maximum absolute atomic E-state index is 13.1. The van der Waals surface area contributed by atoms with Gasteiger partial charge in [0.05, 0.1) is 6.54 Å². The van der Waals surface area contributed by atoms with Gasteiger partial charge in [-0.25, -0.2) is 14.2 Å². The van der Waals surface area contributed by atoms with Gasteiger partial charge < -0.3 is 25.0 Å². The van der Waals surface area contributed by atoms with Crippen molar-refractivity contribution in [2.24, 2.45) is 0 Å². The standard InChI is InChI=1S/C22H23FN4O5/c1-21(2,3)32-20(30)27-11-10-22(12-27)19(29)26-16-9-8-15(25-18(16)31-22)17(28)24-14-6-4-13(23)5-7-14/h4-9H,10-12H2,1-3H3,(H,24,28)(H,26,29). The Kier molecular flexibility index (Phi) is 5.23. The van der Waals surface area contributed by atoms with Gasteiger partial charge in [0.1, 0.15) is 22.8 Å². The number of carbonyl (C=O) groups excluding carboxylic acids is 3. The smallest absolute Gasteiger partial charge is 0.410 e. The minimum Gasteiger partial charge on any atom is -0.457 e. The van der Waals surface area contributed by atoms with E-state index in [0.717, 1.165) is 0 Å². The van der Waals surface area contributed by atoms with Gasteiger partial charge in [-0.2, -0.15) is 0 Å². The molecule has 10 heteroatoms. The summed E-state index contributed by atoms with van der Waals surface area (Å²) in [5.41, 5.74) is -1.19. The monoisotopic (exact) mass is 442 g/mol. The summed E-state index contributed by atoms with van der Waals surface area (Å²) in [6, 6.07) is 8.29. The Morgan fingerprint density at radius 1 is 1.22 bits per heavy atom. The molecule has 0 aliphatic carbocycles. The largest absolute Gasteiger partial charge is 0.457 e. The van der Waals surface area contributed by atoms with E-state index in [0.29, 0.717) is 11.4 Å². The van der Waals surface area contributed by atoms with E-state index in [1.54, 1.807) is 20.8 Å². The van der Waals surface area contributed by atoms with Gasteiger partial charge in [0.15, 0.2) is 0 Å². The Morgan fingerprint density at radius 2 is 1.94 bits per heavy atom. The van der Waals surface area contributed by atoms with E-state index in [4.69, 9.17) is 9.47 Å². The fourth-order valence-corrected chi connectivity index (χ4v) is 3.47. The Balaban J connectivity index is 1.51. The fourth-order valence-electron chi connectivity index (χ4n) is 3.47. The van der Waals surface area contributed by atoms with Crippen molar-refractivity contribution >= 4 is 29.3 Å². The van der Waals surface area contributed by atoms with Crippen LogP contribution in [-0.4, -0.2) is 52.1 Å². The van der Waals surface area contributed by atoms with Gasteiger partial charge in [0.25, 0.3) is 11.8 Å². The van der Waals surface area contributed by atoms with Crippen LogP contribution in [0.25, 0.3) is 0 Å². The summed E-state index contributed by atoms with van der Waals surface area (Å²) in [6.07, 6.45) is -0.275. The highest BCUT2D eigenvalue weighted by Gasteiger charge is 2.52. The third-order valence-electron chi connectivity index (χ3n) is 5.03. The second-order valence-corrected chi connectivity index (χ2v) is 8.71. The first-order chi connectivity index (χ1) is 15.0. The molecule has 3 amide bonds. The molecule has 4 rings (SSSR count). The molecule has 3 heterocycles. The first-order valence-electron chi connectivity index (χ1n) is 10.1. The third kappa shape index (κ3) is 4.34. The average Bonchev–Trinajstić information content (AvgIpc) is 3.14. The normalized spacial score (nSPS) is 19.8. The maximum Gasteiger partial charge on any atom is 0.410 e. The lowest BCUT2D eigenvalue weighted by atomic mass is 10.00. The van der Waals surface area contributed by atoms with Crippen LogP contribution in [-0.2, 0) is 9.53 Å². The number of benzene rings is 1. The Morgan fingerprint density at radius 3 is 2.62 bits per heavy atom. The molecule has 1 spiro atoms. The zero-order chi connectivity index (χ0) is 23.1. The molecule has 0 radical (unpaired) electrons.